The summed E-state index contributed by atoms with van der Waals surface area (Å²) in [7, 11) is 5.47. The lowest BCUT2D eigenvalue weighted by atomic mass is 10.2. The molecule has 4 aromatic rings. The SMILES string of the molecule is CC(C)C(N)=O.CC(C)C(N)=S.CC(C)c1ncc(C(=O)O)s1.CC(C)c1ncc(C=O)s1.COC(=O)C(C)C.COC(=O)c1cnc(C(C)C)s1.COC(=O)c1cnc(C(C)N)s1.COC(Cl)C=O.Cl. The number of aromatic carboxylic acids is 1. The molecule has 7 N–H and O–H groups in total. The first-order valence-corrected chi connectivity index (χ1v) is 25.3. The van der Waals surface area contributed by atoms with Crippen molar-refractivity contribution in [2.45, 2.75) is 119 Å². The maximum atomic E-state index is 11.0. The van der Waals surface area contributed by atoms with Gasteiger partial charge in [0.25, 0.3) is 0 Å². The van der Waals surface area contributed by atoms with Gasteiger partial charge in [0.2, 0.25) is 5.91 Å². The first-order valence-electron chi connectivity index (χ1n) is 21.1. The molecule has 0 aliphatic carbocycles. The smallest absolute Gasteiger partial charge is 0.349 e. The van der Waals surface area contributed by atoms with E-state index in [9.17, 15) is 33.6 Å². The van der Waals surface area contributed by atoms with Crippen molar-refractivity contribution in [3.05, 3.63) is 64.3 Å². The standard InChI is InChI=1S/C8H11NO2S.C7H10N2O2S.C7H9NO2S.C7H9NOS.C5H10O2.C4H9NO.C4H9NS.C3H5ClO2.ClH/c1-5(2)7-9-4-6(12-7)8(10)11-3;1-4(8)6-9-3-5(12-6)7(10)11-2;1-4(2)6-8-3-5(11-6)7(9)10;1-5(2)7-8-3-6(4-9)10-7;1-4(2)5(6)7-3;2*1-3(2)4(5)6;1-6-3(4)2-5;/h4-5H,1-3H3;3-4H,8H2,1-2H3;3-4H,1-2H3,(H,9,10);3-5H,1-2H3;4H,1-3H3;2*3H,1-2H3,(H2,5,6);2-3H,1H3;1H. The van der Waals surface area contributed by atoms with Gasteiger partial charge >= 0.3 is 23.9 Å². The van der Waals surface area contributed by atoms with Crippen molar-refractivity contribution in [1.29, 1.82) is 0 Å². The third-order valence-electron chi connectivity index (χ3n) is 7.23. The van der Waals surface area contributed by atoms with Crippen molar-refractivity contribution in [3.63, 3.8) is 0 Å². The van der Waals surface area contributed by atoms with Crippen molar-refractivity contribution in [2.75, 3.05) is 28.4 Å². The molecule has 26 heteroatoms. The second-order valence-electron chi connectivity index (χ2n) is 15.5. The molecule has 0 aromatic carbocycles. The summed E-state index contributed by atoms with van der Waals surface area (Å²) >= 11 is 15.0. The summed E-state index contributed by atoms with van der Waals surface area (Å²) in [5.41, 5.74) is 14.8. The van der Waals surface area contributed by atoms with Crippen molar-refractivity contribution in [1.82, 2.24) is 19.9 Å². The van der Waals surface area contributed by atoms with E-state index >= 15 is 0 Å². The highest BCUT2D eigenvalue weighted by Crippen LogP contribution is 2.23. The Morgan fingerprint density at radius 1 is 0.606 bits per heavy atom. The van der Waals surface area contributed by atoms with Crippen LogP contribution in [0.3, 0.4) is 0 Å². The highest BCUT2D eigenvalue weighted by molar-refractivity contribution is 7.80. The molecule has 2 atom stereocenters. The number of carboxylic acids is 1. The Morgan fingerprint density at radius 2 is 0.944 bits per heavy atom. The summed E-state index contributed by atoms with van der Waals surface area (Å²) in [4.78, 5) is 91.1. The van der Waals surface area contributed by atoms with Crippen LogP contribution in [0.15, 0.2) is 24.8 Å². The third kappa shape index (κ3) is 38.0. The minimum Gasteiger partial charge on any atom is -0.477 e. The molecule has 0 saturated heterocycles. The maximum Gasteiger partial charge on any atom is 0.349 e. The lowest BCUT2D eigenvalue weighted by Crippen LogP contribution is -2.17. The molecule has 4 heterocycles. The van der Waals surface area contributed by atoms with E-state index in [2.05, 4.69) is 64.9 Å². The van der Waals surface area contributed by atoms with E-state index < -0.39 is 11.5 Å². The van der Waals surface area contributed by atoms with Crippen LogP contribution in [0.25, 0.3) is 0 Å². The van der Waals surface area contributed by atoms with Crippen LogP contribution in [0.4, 0.5) is 0 Å². The van der Waals surface area contributed by atoms with Gasteiger partial charge in [-0.3, -0.25) is 19.2 Å². The molecule has 4 aromatic heterocycles. The van der Waals surface area contributed by atoms with Gasteiger partial charge in [-0.2, -0.15) is 0 Å². The predicted molar refractivity (Wildman–Crippen MR) is 291 cm³/mol. The first kappa shape index (κ1) is 75.5. The van der Waals surface area contributed by atoms with E-state index in [1.165, 1.54) is 86.2 Å². The third-order valence-corrected chi connectivity index (χ3v) is 12.9. The van der Waals surface area contributed by atoms with Crippen molar-refractivity contribution in [2.24, 2.45) is 35.0 Å². The number of thiocarbonyl (C=S) groups is 1. The van der Waals surface area contributed by atoms with Gasteiger partial charge in [0, 0.05) is 42.9 Å². The van der Waals surface area contributed by atoms with Crippen LogP contribution in [0.2, 0.25) is 0 Å². The Kier molecular flexibility index (Phi) is 46.0. The topological polar surface area (TPSA) is 306 Å². The van der Waals surface area contributed by atoms with Gasteiger partial charge in [0.1, 0.15) is 19.6 Å². The lowest BCUT2D eigenvalue weighted by molar-refractivity contribution is -0.144. The number of hydrogen-bond donors (Lipinski definition) is 4. The summed E-state index contributed by atoms with van der Waals surface area (Å²) in [5.74, 6) is -0.488. The molecule has 19 nitrogen and oxygen atoms in total. The number of carbonyl (C=O) groups is 7. The molecular weight excluding hydrogens is 1060 g/mol. The summed E-state index contributed by atoms with van der Waals surface area (Å²) in [6.07, 6.45) is 7.42. The molecule has 0 aliphatic heterocycles. The van der Waals surface area contributed by atoms with E-state index in [1.54, 1.807) is 40.1 Å². The van der Waals surface area contributed by atoms with Crippen molar-refractivity contribution in [3.8, 4) is 0 Å². The number of aldehydes is 2. The molecule has 0 saturated carbocycles. The van der Waals surface area contributed by atoms with Crippen LogP contribution in [0, 0.1) is 17.8 Å². The maximum absolute atomic E-state index is 11.0. The fraction of sp³-hybridized carbons (Fsp3) is 0.556. The summed E-state index contributed by atoms with van der Waals surface area (Å²) in [5, 5.41) is 12.2. The largest absolute Gasteiger partial charge is 0.477 e. The Hall–Kier alpha value is -4.40. The number of methoxy groups -OCH3 is 4. The van der Waals surface area contributed by atoms with E-state index in [0.717, 1.165) is 26.3 Å². The number of alkyl halides is 1. The number of carbonyl (C=O) groups excluding carboxylic acids is 6. The van der Waals surface area contributed by atoms with Crippen LogP contribution < -0.4 is 17.2 Å². The number of carboxylic acid groups (broad SMARTS) is 1. The van der Waals surface area contributed by atoms with Crippen LogP contribution in [-0.2, 0) is 33.3 Å². The van der Waals surface area contributed by atoms with Crippen molar-refractivity contribution < 1.29 is 57.6 Å². The molecular formula is C45H73Cl2N7O12S5. The normalized spacial score (nSPS) is 10.5. The second kappa shape index (κ2) is 43.2. The predicted octanol–water partition coefficient (Wildman–Crippen LogP) is 9.74. The molecule has 71 heavy (non-hydrogen) atoms. The van der Waals surface area contributed by atoms with Gasteiger partial charge in [0.15, 0.2) is 18.1 Å². The van der Waals surface area contributed by atoms with Crippen LogP contribution in [0.5, 0.6) is 0 Å². The molecule has 0 aliphatic rings. The number of aromatic nitrogens is 4. The Bertz CT molecular complexity index is 2050. The molecule has 1 amide bonds. The number of nitrogens with two attached hydrogens (primary N) is 3. The molecule has 2 unspecified atom stereocenters. The Labute approximate surface area is 450 Å². The number of esters is 3. The Morgan fingerprint density at radius 3 is 1.11 bits per heavy atom. The quantitative estimate of drug-likeness (QED) is 0.0318. The van der Waals surface area contributed by atoms with E-state index in [4.69, 9.17) is 33.9 Å². The van der Waals surface area contributed by atoms with E-state index in [-0.39, 0.29) is 54.1 Å². The minimum atomic E-state index is -0.894. The zero-order valence-electron chi connectivity index (χ0n) is 43.4. The highest BCUT2D eigenvalue weighted by atomic mass is 35.5. The van der Waals surface area contributed by atoms with Crippen LogP contribution in [-0.4, -0.2) is 106 Å². The van der Waals surface area contributed by atoms with Crippen LogP contribution in [0.1, 0.15) is 173 Å². The number of nitrogens with zero attached hydrogens (tertiary/aromatic N) is 4. The molecule has 0 bridgehead atoms. The van der Waals surface area contributed by atoms with Gasteiger partial charge in [0.05, 0.1) is 76.8 Å². The monoisotopic (exact) mass is 1130 g/mol. The molecule has 404 valence electrons. The average Bonchev–Trinajstić information content (AvgIpc) is 4.17. The number of halogens is 2. The fourth-order valence-electron chi connectivity index (χ4n) is 3.01. The molecule has 0 spiro atoms. The van der Waals surface area contributed by atoms with Crippen LogP contribution >= 0.6 is 81.6 Å². The molecule has 4 rings (SSSR count). The number of hydrogen-bond acceptors (Lipinski definition) is 21. The average molecular weight is 1140 g/mol. The summed E-state index contributed by atoms with van der Waals surface area (Å²) in [6.45, 7) is 25.1. The van der Waals surface area contributed by atoms with Gasteiger partial charge in [-0.1, -0.05) is 107 Å². The number of primary amides is 1. The zero-order valence-corrected chi connectivity index (χ0v) is 49.0. The van der Waals surface area contributed by atoms with Gasteiger partial charge in [-0.15, -0.1) is 57.8 Å². The minimum absolute atomic E-state index is 0. The number of ether oxygens (including phenoxy) is 4. The Balaban J connectivity index is -0.000000237. The van der Waals surface area contributed by atoms with Crippen molar-refractivity contribution >= 4 is 129 Å². The lowest BCUT2D eigenvalue weighted by Gasteiger charge is -1.97. The zero-order chi connectivity index (χ0) is 55.4. The molecule has 0 fully saturated rings. The first-order chi connectivity index (χ1) is 32.4. The van der Waals surface area contributed by atoms with Gasteiger partial charge in [-0.25, -0.2) is 34.3 Å². The number of amides is 1. The highest BCUT2D eigenvalue weighted by Gasteiger charge is 2.14. The summed E-state index contributed by atoms with van der Waals surface area (Å²) < 4.78 is 17.8. The molecule has 0 radical (unpaired) electrons. The fourth-order valence-corrected chi connectivity index (χ4v) is 6.13. The van der Waals surface area contributed by atoms with Gasteiger partial charge < -0.3 is 41.3 Å². The summed E-state index contributed by atoms with van der Waals surface area (Å²) in [6, 6.07) is -0.131. The van der Waals surface area contributed by atoms with Gasteiger partial charge in [-0.05, 0) is 6.92 Å². The second-order valence-corrected chi connectivity index (χ2v) is 20.6. The van der Waals surface area contributed by atoms with E-state index in [0.29, 0.717) is 54.5 Å². The van der Waals surface area contributed by atoms with E-state index in [1.807, 2.05) is 48.5 Å². The number of rotatable bonds is 13. The number of thiazole rings is 4.